The number of aryl methyl sites for hydroxylation is 1. The number of rotatable bonds is 3. The normalized spacial score (nSPS) is 16.0. The minimum atomic E-state index is -0.387. The van der Waals surface area contributed by atoms with Crippen LogP contribution in [0.5, 0.6) is 0 Å². The number of benzene rings is 2. The van der Waals surface area contributed by atoms with Crippen molar-refractivity contribution in [1.82, 2.24) is 18.7 Å². The van der Waals surface area contributed by atoms with Crippen molar-refractivity contribution in [3.05, 3.63) is 86.0 Å². The van der Waals surface area contributed by atoms with Crippen molar-refractivity contribution in [3.63, 3.8) is 0 Å². The highest BCUT2D eigenvalue weighted by Crippen LogP contribution is 2.32. The van der Waals surface area contributed by atoms with Gasteiger partial charge in [-0.05, 0) is 35.7 Å². The second-order valence-electron chi connectivity index (χ2n) is 8.11. The van der Waals surface area contributed by atoms with Crippen molar-refractivity contribution in [2.24, 2.45) is 13.0 Å². The third kappa shape index (κ3) is 3.25. The molecule has 158 valence electrons. The summed E-state index contributed by atoms with van der Waals surface area (Å²) >= 11 is 5.97. The van der Waals surface area contributed by atoms with Crippen LogP contribution in [-0.2, 0) is 20.1 Å². The van der Waals surface area contributed by atoms with Gasteiger partial charge in [-0.1, -0.05) is 48.9 Å². The molecule has 0 radical (unpaired) electrons. The van der Waals surface area contributed by atoms with Gasteiger partial charge in [-0.2, -0.15) is 4.98 Å². The molecule has 2 aromatic heterocycles. The van der Waals surface area contributed by atoms with Crippen molar-refractivity contribution < 1.29 is 0 Å². The molecule has 0 saturated carbocycles. The Morgan fingerprint density at radius 2 is 1.74 bits per heavy atom. The average Bonchev–Trinajstić information content (AvgIpc) is 3.16. The molecule has 1 aliphatic heterocycles. The third-order valence-electron chi connectivity index (χ3n) is 5.76. The van der Waals surface area contributed by atoms with Crippen molar-refractivity contribution in [1.29, 1.82) is 0 Å². The first-order valence-corrected chi connectivity index (χ1v) is 10.6. The summed E-state index contributed by atoms with van der Waals surface area (Å²) in [4.78, 5) is 33.4. The van der Waals surface area contributed by atoms with Gasteiger partial charge in [-0.15, -0.1) is 0 Å². The van der Waals surface area contributed by atoms with E-state index in [0.717, 1.165) is 17.8 Å². The second kappa shape index (κ2) is 7.42. The van der Waals surface area contributed by atoms with Gasteiger partial charge in [0.15, 0.2) is 11.2 Å². The van der Waals surface area contributed by atoms with Gasteiger partial charge in [0.25, 0.3) is 5.56 Å². The van der Waals surface area contributed by atoms with Gasteiger partial charge < -0.3 is 9.47 Å². The highest BCUT2D eigenvalue weighted by molar-refractivity contribution is 6.30. The van der Waals surface area contributed by atoms with Gasteiger partial charge in [0.1, 0.15) is 0 Å². The fourth-order valence-corrected chi connectivity index (χ4v) is 4.37. The van der Waals surface area contributed by atoms with E-state index < -0.39 is 0 Å². The van der Waals surface area contributed by atoms with Gasteiger partial charge in [-0.25, -0.2) is 4.79 Å². The van der Waals surface area contributed by atoms with Crippen molar-refractivity contribution in [2.75, 3.05) is 11.4 Å². The van der Waals surface area contributed by atoms with E-state index in [1.807, 2.05) is 47.0 Å². The SMILES string of the molecule is C[C@@H]1CN(c2ccccc2)c2nc3c(c(=O)n(Cc4ccc(Cl)cc4)c(=O)n3C)n2C1. The Morgan fingerprint density at radius 1 is 1.03 bits per heavy atom. The monoisotopic (exact) mass is 435 g/mol. The standard InChI is InChI=1S/C23H22ClN5O2/c1-15-12-27(18-6-4-3-5-7-18)22-25-20-19(28(22)13-15)21(30)29(23(31)26(20)2)14-16-8-10-17(24)11-9-16/h3-11,15H,12-14H2,1-2H3/t15-/m1/s1. The molecule has 8 heteroatoms. The van der Waals surface area contributed by atoms with E-state index in [2.05, 4.69) is 11.8 Å². The first-order chi connectivity index (χ1) is 14.9. The molecular weight excluding hydrogens is 414 g/mol. The topological polar surface area (TPSA) is 65.1 Å². The lowest BCUT2D eigenvalue weighted by atomic mass is 10.1. The van der Waals surface area contributed by atoms with Crippen LogP contribution in [0.15, 0.2) is 64.2 Å². The molecule has 0 N–H and O–H groups in total. The minimum Gasteiger partial charge on any atom is -0.312 e. The summed E-state index contributed by atoms with van der Waals surface area (Å²) in [5.41, 5.74) is 2.00. The molecular formula is C23H22ClN5O2. The maximum absolute atomic E-state index is 13.5. The van der Waals surface area contributed by atoms with Crippen LogP contribution in [0.4, 0.5) is 11.6 Å². The van der Waals surface area contributed by atoms with Crippen LogP contribution >= 0.6 is 11.6 Å². The van der Waals surface area contributed by atoms with E-state index in [9.17, 15) is 9.59 Å². The van der Waals surface area contributed by atoms with Gasteiger partial charge in [0, 0.05) is 30.8 Å². The number of imidazole rings is 1. The predicted octanol–water partition coefficient (Wildman–Crippen LogP) is 3.39. The lowest BCUT2D eigenvalue weighted by Crippen LogP contribution is -2.40. The molecule has 0 aliphatic carbocycles. The Morgan fingerprint density at radius 3 is 2.45 bits per heavy atom. The molecule has 2 aromatic carbocycles. The summed E-state index contributed by atoms with van der Waals surface area (Å²) in [6, 6.07) is 17.1. The minimum absolute atomic E-state index is 0.178. The Labute approximate surface area is 183 Å². The van der Waals surface area contributed by atoms with E-state index in [1.165, 1.54) is 9.13 Å². The Kier molecular flexibility index (Phi) is 4.70. The number of hydrogen-bond acceptors (Lipinski definition) is 4. The zero-order valence-electron chi connectivity index (χ0n) is 17.3. The summed E-state index contributed by atoms with van der Waals surface area (Å²) < 4.78 is 4.69. The first kappa shape index (κ1) is 19.6. The molecule has 4 aromatic rings. The van der Waals surface area contributed by atoms with E-state index in [-0.39, 0.29) is 17.8 Å². The number of aromatic nitrogens is 4. The van der Waals surface area contributed by atoms with E-state index in [4.69, 9.17) is 16.6 Å². The Bertz CT molecular complexity index is 1390. The number of anilines is 2. The van der Waals surface area contributed by atoms with Crippen LogP contribution in [0, 0.1) is 5.92 Å². The van der Waals surface area contributed by atoms with Crippen LogP contribution < -0.4 is 16.1 Å². The molecule has 0 saturated heterocycles. The number of halogens is 1. The Hall–Kier alpha value is -3.32. The average molecular weight is 436 g/mol. The summed E-state index contributed by atoms with van der Waals surface area (Å²) in [5, 5.41) is 0.610. The van der Waals surface area contributed by atoms with Gasteiger partial charge in [-0.3, -0.25) is 13.9 Å². The fourth-order valence-electron chi connectivity index (χ4n) is 4.24. The summed E-state index contributed by atoms with van der Waals surface area (Å²) in [6.45, 7) is 3.79. The molecule has 0 fully saturated rings. The number of hydrogen-bond donors (Lipinski definition) is 0. The van der Waals surface area contributed by atoms with Crippen LogP contribution in [0.3, 0.4) is 0 Å². The van der Waals surface area contributed by atoms with Gasteiger partial charge in [0.05, 0.1) is 6.54 Å². The fraction of sp³-hybridized carbons (Fsp3) is 0.261. The number of nitrogens with zero attached hydrogens (tertiary/aromatic N) is 5. The van der Waals surface area contributed by atoms with Gasteiger partial charge in [0.2, 0.25) is 5.95 Å². The van der Waals surface area contributed by atoms with Gasteiger partial charge >= 0.3 is 5.69 Å². The van der Waals surface area contributed by atoms with Crippen LogP contribution in [0.1, 0.15) is 12.5 Å². The summed E-state index contributed by atoms with van der Waals surface area (Å²) in [5.74, 6) is 1.00. The highest BCUT2D eigenvalue weighted by atomic mass is 35.5. The number of para-hydroxylation sites is 1. The lowest BCUT2D eigenvalue weighted by Gasteiger charge is -2.32. The largest absolute Gasteiger partial charge is 0.332 e. The summed E-state index contributed by atoms with van der Waals surface area (Å²) in [6.07, 6.45) is 0. The second-order valence-corrected chi connectivity index (χ2v) is 8.54. The smallest absolute Gasteiger partial charge is 0.312 e. The molecule has 31 heavy (non-hydrogen) atoms. The lowest BCUT2D eigenvalue weighted by molar-refractivity contribution is 0.458. The van der Waals surface area contributed by atoms with Crippen LogP contribution in [0.25, 0.3) is 11.2 Å². The maximum atomic E-state index is 13.5. The van der Waals surface area contributed by atoms with Crippen molar-refractivity contribution >= 4 is 34.4 Å². The summed E-state index contributed by atoms with van der Waals surface area (Å²) in [7, 11) is 1.66. The van der Waals surface area contributed by atoms with Crippen LogP contribution in [0.2, 0.25) is 5.02 Å². The third-order valence-corrected chi connectivity index (χ3v) is 6.02. The molecule has 7 nitrogen and oxygen atoms in total. The molecule has 3 heterocycles. The van der Waals surface area contributed by atoms with Crippen LogP contribution in [-0.4, -0.2) is 25.2 Å². The molecule has 0 unspecified atom stereocenters. The van der Waals surface area contributed by atoms with E-state index >= 15 is 0 Å². The predicted molar refractivity (Wildman–Crippen MR) is 122 cm³/mol. The maximum Gasteiger partial charge on any atom is 0.332 e. The van der Waals surface area contributed by atoms with E-state index in [1.54, 1.807) is 19.2 Å². The highest BCUT2D eigenvalue weighted by Gasteiger charge is 2.29. The zero-order valence-corrected chi connectivity index (χ0v) is 18.1. The first-order valence-electron chi connectivity index (χ1n) is 10.2. The Balaban J connectivity index is 1.72. The van der Waals surface area contributed by atoms with E-state index in [0.29, 0.717) is 34.6 Å². The molecule has 0 bridgehead atoms. The molecule has 1 atom stereocenters. The van der Waals surface area contributed by atoms with Crippen molar-refractivity contribution in [2.45, 2.75) is 20.0 Å². The number of fused-ring (bicyclic) bond motifs is 3. The van der Waals surface area contributed by atoms with Crippen molar-refractivity contribution in [3.8, 4) is 0 Å². The zero-order chi connectivity index (χ0) is 21.7. The molecule has 0 spiro atoms. The molecule has 1 aliphatic rings. The molecule has 0 amide bonds. The molecule has 5 rings (SSSR count). The quantitative estimate of drug-likeness (QED) is 0.495.